The number of hydrogen-bond acceptors (Lipinski definition) is 4. The summed E-state index contributed by atoms with van der Waals surface area (Å²) in [6.07, 6.45) is 0.0953. The first-order valence-corrected chi connectivity index (χ1v) is 6.60. The Morgan fingerprint density at radius 2 is 2.19 bits per heavy atom. The molecule has 1 amide bonds. The van der Waals surface area contributed by atoms with E-state index in [1.165, 1.54) is 4.90 Å². The van der Waals surface area contributed by atoms with Gasteiger partial charge in [0.05, 0.1) is 12.1 Å². The summed E-state index contributed by atoms with van der Waals surface area (Å²) in [5, 5.41) is 13.1. The summed E-state index contributed by atoms with van der Waals surface area (Å²) in [5.74, 6) is -1.14. The first-order valence-electron chi connectivity index (χ1n) is 6.60. The van der Waals surface area contributed by atoms with Gasteiger partial charge in [0, 0.05) is 18.3 Å². The van der Waals surface area contributed by atoms with Gasteiger partial charge in [-0.05, 0) is 18.6 Å². The van der Waals surface area contributed by atoms with Gasteiger partial charge in [0.1, 0.15) is 11.7 Å². The van der Waals surface area contributed by atoms with Crippen molar-refractivity contribution in [3.63, 3.8) is 0 Å². The molecule has 1 N–H and O–H groups in total. The minimum Gasteiger partial charge on any atom is -0.481 e. The molecule has 21 heavy (non-hydrogen) atoms. The predicted octanol–water partition coefficient (Wildman–Crippen LogP) is 1.74. The molecule has 108 valence electrons. The number of rotatable bonds is 3. The number of aryl methyl sites for hydroxylation is 1. The van der Waals surface area contributed by atoms with Gasteiger partial charge in [-0.2, -0.15) is 0 Å². The van der Waals surface area contributed by atoms with Crippen molar-refractivity contribution < 1.29 is 19.2 Å². The monoisotopic (exact) mass is 286 g/mol. The highest BCUT2D eigenvalue weighted by molar-refractivity contribution is 5.99. The molecule has 3 rings (SSSR count). The highest BCUT2D eigenvalue weighted by atomic mass is 16.5. The Morgan fingerprint density at radius 3 is 2.86 bits per heavy atom. The van der Waals surface area contributed by atoms with Crippen LogP contribution in [0.4, 0.5) is 5.69 Å². The van der Waals surface area contributed by atoms with Crippen molar-refractivity contribution in [2.45, 2.75) is 19.3 Å². The maximum Gasteiger partial charge on any atom is 0.312 e. The molecule has 0 spiro atoms. The Labute approximate surface area is 121 Å². The molecule has 0 saturated carbocycles. The number of hydrogen-bond donors (Lipinski definition) is 1. The number of carboxylic acid groups (broad SMARTS) is 1. The molecule has 0 bridgehead atoms. The Balaban J connectivity index is 1.86. The highest BCUT2D eigenvalue weighted by Gasteiger charge is 2.36. The van der Waals surface area contributed by atoms with Crippen LogP contribution >= 0.6 is 0 Å². The van der Waals surface area contributed by atoms with Crippen molar-refractivity contribution in [3.05, 3.63) is 47.3 Å². The third-order valence-electron chi connectivity index (χ3n) is 3.58. The number of fused-ring (bicyclic) bond motifs is 1. The van der Waals surface area contributed by atoms with Gasteiger partial charge in [-0.1, -0.05) is 23.4 Å². The number of amides is 1. The largest absolute Gasteiger partial charge is 0.481 e. The fraction of sp³-hybridized carbons (Fsp3) is 0.267. The first-order chi connectivity index (χ1) is 10.1. The second-order valence-electron chi connectivity index (χ2n) is 5.06. The highest BCUT2D eigenvalue weighted by Crippen LogP contribution is 2.36. The van der Waals surface area contributed by atoms with Crippen molar-refractivity contribution in [1.29, 1.82) is 0 Å². The van der Waals surface area contributed by atoms with E-state index in [2.05, 4.69) is 5.16 Å². The van der Waals surface area contributed by atoms with Gasteiger partial charge in [0.2, 0.25) is 5.91 Å². The number of para-hydroxylation sites is 1. The molecular weight excluding hydrogens is 272 g/mol. The van der Waals surface area contributed by atoms with Crippen molar-refractivity contribution in [2.75, 3.05) is 11.4 Å². The van der Waals surface area contributed by atoms with Crippen molar-refractivity contribution >= 4 is 17.6 Å². The molecule has 2 heterocycles. The zero-order chi connectivity index (χ0) is 15.0. The van der Waals surface area contributed by atoms with Crippen LogP contribution in [0.2, 0.25) is 0 Å². The second kappa shape index (κ2) is 5.05. The molecule has 6 heteroatoms. The summed E-state index contributed by atoms with van der Waals surface area (Å²) in [4.78, 5) is 25.2. The van der Waals surface area contributed by atoms with Gasteiger partial charge in [0.25, 0.3) is 0 Å². The minimum absolute atomic E-state index is 0.0953. The standard InChI is InChI=1S/C15H14N2O4/c1-9-6-10(16-21-9)7-14(18)17-8-12(15(19)20)11-4-2-3-5-13(11)17/h2-6,12H,7-8H2,1H3,(H,19,20). The Kier molecular flexibility index (Phi) is 3.21. The Bertz CT molecular complexity index is 707. The molecule has 0 fully saturated rings. The lowest BCUT2D eigenvalue weighted by atomic mass is 10.0. The van der Waals surface area contributed by atoms with E-state index in [9.17, 15) is 14.7 Å². The lowest BCUT2D eigenvalue weighted by molar-refractivity contribution is -0.138. The average molecular weight is 286 g/mol. The first kappa shape index (κ1) is 13.4. The summed E-state index contributed by atoms with van der Waals surface area (Å²) >= 11 is 0. The molecule has 1 aliphatic heterocycles. The third-order valence-corrected chi connectivity index (χ3v) is 3.58. The fourth-order valence-electron chi connectivity index (χ4n) is 2.61. The van der Waals surface area contributed by atoms with E-state index >= 15 is 0 Å². The molecule has 1 aliphatic rings. The van der Waals surface area contributed by atoms with Gasteiger partial charge in [0.15, 0.2) is 0 Å². The number of nitrogens with zero attached hydrogens (tertiary/aromatic N) is 2. The van der Waals surface area contributed by atoms with Crippen molar-refractivity contribution in [3.8, 4) is 0 Å². The van der Waals surface area contributed by atoms with Crippen LogP contribution in [-0.2, 0) is 16.0 Å². The number of benzene rings is 1. The smallest absolute Gasteiger partial charge is 0.312 e. The lowest BCUT2D eigenvalue weighted by Crippen LogP contribution is -2.32. The SMILES string of the molecule is Cc1cc(CC(=O)N2CC(C(=O)O)c3ccccc32)no1. The van der Waals surface area contributed by atoms with Crippen molar-refractivity contribution in [2.24, 2.45) is 0 Å². The van der Waals surface area contributed by atoms with Crippen LogP contribution in [0.15, 0.2) is 34.9 Å². The van der Waals surface area contributed by atoms with Gasteiger partial charge in [-0.15, -0.1) is 0 Å². The predicted molar refractivity (Wildman–Crippen MR) is 74.1 cm³/mol. The van der Waals surface area contributed by atoms with Crippen LogP contribution in [0.5, 0.6) is 0 Å². The second-order valence-corrected chi connectivity index (χ2v) is 5.06. The summed E-state index contributed by atoms with van der Waals surface area (Å²) < 4.78 is 4.94. The lowest BCUT2D eigenvalue weighted by Gasteiger charge is -2.16. The van der Waals surface area contributed by atoms with Crippen LogP contribution in [-0.4, -0.2) is 28.7 Å². The minimum atomic E-state index is -0.921. The van der Waals surface area contributed by atoms with E-state index in [4.69, 9.17) is 4.52 Å². The molecule has 1 unspecified atom stereocenters. The van der Waals surface area contributed by atoms with Crippen LogP contribution < -0.4 is 4.90 Å². The van der Waals surface area contributed by atoms with Gasteiger partial charge in [-0.25, -0.2) is 0 Å². The molecule has 1 aromatic heterocycles. The fourth-order valence-corrected chi connectivity index (χ4v) is 2.61. The maximum absolute atomic E-state index is 12.4. The number of carboxylic acids is 1. The van der Waals surface area contributed by atoms with E-state index in [-0.39, 0.29) is 18.9 Å². The maximum atomic E-state index is 12.4. The van der Waals surface area contributed by atoms with Crippen LogP contribution in [0, 0.1) is 6.92 Å². The molecule has 1 aromatic carbocycles. The molecule has 6 nitrogen and oxygen atoms in total. The topological polar surface area (TPSA) is 83.6 Å². The number of anilines is 1. The molecule has 0 radical (unpaired) electrons. The summed E-state index contributed by atoms with van der Waals surface area (Å²) in [7, 11) is 0. The van der Waals surface area contributed by atoms with E-state index in [0.29, 0.717) is 22.7 Å². The van der Waals surface area contributed by atoms with Crippen LogP contribution in [0.3, 0.4) is 0 Å². The van der Waals surface area contributed by atoms with Gasteiger partial charge < -0.3 is 14.5 Å². The summed E-state index contributed by atoms with van der Waals surface area (Å²) in [5.41, 5.74) is 1.89. The summed E-state index contributed by atoms with van der Waals surface area (Å²) in [6, 6.07) is 8.80. The molecular formula is C15H14N2O4. The number of aliphatic carboxylic acids is 1. The quantitative estimate of drug-likeness (QED) is 0.929. The Morgan fingerprint density at radius 1 is 1.43 bits per heavy atom. The normalized spacial score (nSPS) is 16.8. The van der Waals surface area contributed by atoms with Crippen molar-refractivity contribution in [1.82, 2.24) is 5.16 Å². The summed E-state index contributed by atoms with van der Waals surface area (Å²) in [6.45, 7) is 1.91. The average Bonchev–Trinajstić information content (AvgIpc) is 3.02. The Hall–Kier alpha value is -2.63. The molecule has 0 aliphatic carbocycles. The van der Waals surface area contributed by atoms with Gasteiger partial charge in [-0.3, -0.25) is 9.59 Å². The van der Waals surface area contributed by atoms with E-state index in [1.807, 2.05) is 0 Å². The molecule has 2 aromatic rings. The number of carbonyl (C=O) groups is 2. The molecule has 0 saturated heterocycles. The number of carbonyl (C=O) groups excluding carboxylic acids is 1. The van der Waals surface area contributed by atoms with Gasteiger partial charge >= 0.3 is 5.97 Å². The molecule has 1 atom stereocenters. The van der Waals surface area contributed by atoms with Crippen LogP contribution in [0.1, 0.15) is 22.9 Å². The van der Waals surface area contributed by atoms with E-state index in [0.717, 1.165) is 0 Å². The van der Waals surface area contributed by atoms with E-state index in [1.54, 1.807) is 37.3 Å². The van der Waals surface area contributed by atoms with E-state index < -0.39 is 11.9 Å². The zero-order valence-electron chi connectivity index (χ0n) is 11.4. The third kappa shape index (κ3) is 2.40. The zero-order valence-corrected chi connectivity index (χ0v) is 11.4. The van der Waals surface area contributed by atoms with Crippen LogP contribution in [0.25, 0.3) is 0 Å². The number of aromatic nitrogens is 1.